The third kappa shape index (κ3) is 3.62. The van der Waals surface area contributed by atoms with Gasteiger partial charge in [-0.2, -0.15) is 0 Å². The molecule has 1 fully saturated rings. The Bertz CT molecular complexity index is 986. The molecule has 1 aromatic carbocycles. The molecule has 11 heteroatoms. The van der Waals surface area contributed by atoms with Crippen LogP contribution in [0.25, 0.3) is 11.2 Å². The smallest absolute Gasteiger partial charge is 0.167 e. The molecule has 3 aromatic rings. The largest absolute Gasteiger partial charge is 0.394 e. The number of hydrogen-bond donors (Lipinski definition) is 6. The van der Waals surface area contributed by atoms with Crippen LogP contribution < -0.4 is 5.32 Å². The van der Waals surface area contributed by atoms with Crippen LogP contribution in [-0.4, -0.2) is 82.6 Å². The molecule has 1 saturated heterocycles. The SMILES string of the molecule is OCC(Nc1ncnc2c1ncn2C1OC(CO)C(O)C1O)C(O)c1ccccc1. The molecule has 6 N–H and O–H groups in total. The fourth-order valence-electron chi connectivity index (χ4n) is 3.54. The number of imidazole rings is 1. The summed E-state index contributed by atoms with van der Waals surface area (Å²) in [4.78, 5) is 12.6. The van der Waals surface area contributed by atoms with Gasteiger partial charge in [-0.05, 0) is 5.56 Å². The van der Waals surface area contributed by atoms with E-state index in [0.29, 0.717) is 16.7 Å². The molecular weight excluding hydrogens is 394 g/mol. The van der Waals surface area contributed by atoms with E-state index in [1.54, 1.807) is 24.3 Å². The van der Waals surface area contributed by atoms with Gasteiger partial charge in [0.2, 0.25) is 0 Å². The Morgan fingerprint density at radius 1 is 1.07 bits per heavy atom. The first-order valence-corrected chi connectivity index (χ1v) is 9.45. The van der Waals surface area contributed by atoms with E-state index in [1.165, 1.54) is 17.2 Å². The summed E-state index contributed by atoms with van der Waals surface area (Å²) in [5, 5.41) is 53.0. The second kappa shape index (κ2) is 8.60. The molecule has 2 aromatic heterocycles. The molecule has 3 heterocycles. The zero-order valence-corrected chi connectivity index (χ0v) is 15.9. The Kier molecular flexibility index (Phi) is 5.90. The topological polar surface area (TPSA) is 166 Å². The maximum absolute atomic E-state index is 10.6. The van der Waals surface area contributed by atoms with Gasteiger partial charge >= 0.3 is 0 Å². The van der Waals surface area contributed by atoms with Crippen molar-refractivity contribution in [1.82, 2.24) is 19.5 Å². The molecule has 0 aliphatic carbocycles. The maximum Gasteiger partial charge on any atom is 0.167 e. The Morgan fingerprint density at radius 2 is 1.83 bits per heavy atom. The molecule has 30 heavy (non-hydrogen) atoms. The van der Waals surface area contributed by atoms with Crippen LogP contribution in [0.4, 0.5) is 5.82 Å². The molecule has 1 aliphatic heterocycles. The third-order valence-electron chi connectivity index (χ3n) is 5.19. The van der Waals surface area contributed by atoms with Crippen molar-refractivity contribution < 1.29 is 30.3 Å². The van der Waals surface area contributed by atoms with Crippen LogP contribution in [0.1, 0.15) is 17.9 Å². The van der Waals surface area contributed by atoms with Crippen LogP contribution in [0, 0.1) is 0 Å². The van der Waals surface area contributed by atoms with Gasteiger partial charge in [0.1, 0.15) is 30.7 Å². The Balaban J connectivity index is 1.62. The van der Waals surface area contributed by atoms with Gasteiger partial charge in [0.05, 0.1) is 25.6 Å². The highest BCUT2D eigenvalue weighted by Crippen LogP contribution is 2.32. The number of nitrogens with one attached hydrogen (secondary N) is 1. The minimum atomic E-state index is -1.28. The van der Waals surface area contributed by atoms with Gasteiger partial charge in [-0.15, -0.1) is 0 Å². The summed E-state index contributed by atoms with van der Waals surface area (Å²) in [6.07, 6.45) is -2.80. The fourth-order valence-corrected chi connectivity index (χ4v) is 3.54. The highest BCUT2D eigenvalue weighted by Gasteiger charge is 2.44. The summed E-state index contributed by atoms with van der Waals surface area (Å²) >= 11 is 0. The normalized spacial score (nSPS) is 26.0. The van der Waals surface area contributed by atoms with Crippen LogP contribution in [-0.2, 0) is 4.74 Å². The molecule has 6 atom stereocenters. The minimum Gasteiger partial charge on any atom is -0.394 e. The van der Waals surface area contributed by atoms with Crippen molar-refractivity contribution in [1.29, 1.82) is 0 Å². The van der Waals surface area contributed by atoms with Crippen molar-refractivity contribution in [3.63, 3.8) is 0 Å². The standard InChI is InChI=1S/C19H23N5O6/c25-6-11(14(27)10-4-2-1-3-5-10)23-17-13-18(21-8-20-17)24(9-22-13)19-16(29)15(28)12(7-26)30-19/h1-5,8-9,11-12,14-16,19,25-29H,6-7H2,(H,20,21,23). The van der Waals surface area contributed by atoms with Crippen LogP contribution >= 0.6 is 0 Å². The number of nitrogens with zero attached hydrogens (tertiary/aromatic N) is 4. The van der Waals surface area contributed by atoms with E-state index in [9.17, 15) is 25.5 Å². The number of ether oxygens (including phenoxy) is 1. The molecule has 0 spiro atoms. The fraction of sp³-hybridized carbons (Fsp3) is 0.421. The molecule has 1 aliphatic rings. The number of benzene rings is 1. The molecule has 4 rings (SSSR count). The summed E-state index contributed by atoms with van der Waals surface area (Å²) in [6, 6.07) is 8.15. The van der Waals surface area contributed by atoms with Gasteiger partial charge in [0, 0.05) is 0 Å². The first-order valence-electron chi connectivity index (χ1n) is 9.45. The van der Waals surface area contributed by atoms with Crippen LogP contribution in [0.3, 0.4) is 0 Å². The van der Waals surface area contributed by atoms with E-state index in [-0.39, 0.29) is 12.4 Å². The summed E-state index contributed by atoms with van der Waals surface area (Å²) in [5.41, 5.74) is 1.27. The van der Waals surface area contributed by atoms with Crippen LogP contribution in [0.15, 0.2) is 43.0 Å². The molecule has 11 nitrogen and oxygen atoms in total. The summed E-state index contributed by atoms with van der Waals surface area (Å²) in [5.74, 6) is 0.277. The molecule has 0 bridgehead atoms. The lowest BCUT2D eigenvalue weighted by molar-refractivity contribution is -0.0511. The number of aliphatic hydroxyl groups excluding tert-OH is 5. The van der Waals surface area contributed by atoms with E-state index in [4.69, 9.17) is 4.74 Å². The summed E-state index contributed by atoms with van der Waals surface area (Å²) < 4.78 is 6.98. The van der Waals surface area contributed by atoms with Gasteiger partial charge in [-0.3, -0.25) is 4.57 Å². The Morgan fingerprint density at radius 3 is 2.50 bits per heavy atom. The van der Waals surface area contributed by atoms with Crippen molar-refractivity contribution in [2.75, 3.05) is 18.5 Å². The lowest BCUT2D eigenvalue weighted by Gasteiger charge is -2.23. The zero-order chi connectivity index (χ0) is 21.3. The summed E-state index contributed by atoms with van der Waals surface area (Å²) in [7, 11) is 0. The number of aromatic nitrogens is 4. The molecule has 6 unspecified atom stereocenters. The second-order valence-corrected chi connectivity index (χ2v) is 7.06. The van der Waals surface area contributed by atoms with E-state index >= 15 is 0 Å². The average molecular weight is 417 g/mol. The van der Waals surface area contributed by atoms with E-state index < -0.39 is 43.3 Å². The third-order valence-corrected chi connectivity index (χ3v) is 5.19. The first-order chi connectivity index (χ1) is 14.5. The predicted molar refractivity (Wildman–Crippen MR) is 104 cm³/mol. The molecule has 0 amide bonds. The van der Waals surface area contributed by atoms with Crippen molar-refractivity contribution in [2.45, 2.75) is 36.7 Å². The molecule has 0 radical (unpaired) electrons. The lowest BCUT2D eigenvalue weighted by Crippen LogP contribution is -2.33. The number of fused-ring (bicyclic) bond motifs is 1. The summed E-state index contributed by atoms with van der Waals surface area (Å²) in [6.45, 7) is -0.810. The van der Waals surface area contributed by atoms with Crippen molar-refractivity contribution >= 4 is 17.0 Å². The monoisotopic (exact) mass is 417 g/mol. The van der Waals surface area contributed by atoms with Crippen molar-refractivity contribution in [3.8, 4) is 0 Å². The second-order valence-electron chi connectivity index (χ2n) is 7.06. The van der Waals surface area contributed by atoms with Crippen LogP contribution in [0.5, 0.6) is 0 Å². The van der Waals surface area contributed by atoms with Crippen LogP contribution in [0.2, 0.25) is 0 Å². The number of aliphatic hydroxyl groups is 5. The van der Waals surface area contributed by atoms with E-state index in [0.717, 1.165) is 0 Å². The molecular formula is C19H23N5O6. The van der Waals surface area contributed by atoms with Gasteiger partial charge < -0.3 is 35.6 Å². The van der Waals surface area contributed by atoms with Crippen molar-refractivity contribution in [3.05, 3.63) is 48.5 Å². The molecule has 160 valence electrons. The van der Waals surface area contributed by atoms with Crippen molar-refractivity contribution in [2.24, 2.45) is 0 Å². The van der Waals surface area contributed by atoms with Gasteiger partial charge in [-0.25, -0.2) is 15.0 Å². The first kappa shape index (κ1) is 20.6. The quantitative estimate of drug-likeness (QED) is 0.279. The number of anilines is 1. The maximum atomic E-state index is 10.6. The Labute approximate surface area is 171 Å². The highest BCUT2D eigenvalue weighted by molar-refractivity contribution is 5.82. The molecule has 0 saturated carbocycles. The minimum absolute atomic E-state index is 0.277. The van der Waals surface area contributed by atoms with Gasteiger partial charge in [0.15, 0.2) is 23.2 Å². The zero-order valence-electron chi connectivity index (χ0n) is 15.9. The van der Waals surface area contributed by atoms with E-state index in [2.05, 4.69) is 20.3 Å². The van der Waals surface area contributed by atoms with E-state index in [1.807, 2.05) is 6.07 Å². The predicted octanol–water partition coefficient (Wildman–Crippen LogP) is -1.06. The van der Waals surface area contributed by atoms with Gasteiger partial charge in [0.25, 0.3) is 0 Å². The van der Waals surface area contributed by atoms with Gasteiger partial charge in [-0.1, -0.05) is 30.3 Å². The number of rotatable bonds is 7. The lowest BCUT2D eigenvalue weighted by atomic mass is 10.0. The average Bonchev–Trinajstić information content (AvgIpc) is 3.33. The highest BCUT2D eigenvalue weighted by atomic mass is 16.6. The Hall–Kier alpha value is -2.67. The number of hydrogen-bond acceptors (Lipinski definition) is 10.